The molecule has 1 saturated heterocycles. The summed E-state index contributed by atoms with van der Waals surface area (Å²) in [5.74, 6) is -1.18. The van der Waals surface area contributed by atoms with Gasteiger partial charge in [-0.15, -0.1) is 0 Å². The third-order valence-corrected chi connectivity index (χ3v) is 7.10. The summed E-state index contributed by atoms with van der Waals surface area (Å²) >= 11 is 0. The average molecular weight is 518 g/mol. The first-order chi connectivity index (χ1) is 17.8. The van der Waals surface area contributed by atoms with Crippen molar-refractivity contribution in [2.45, 2.75) is 64.5 Å². The van der Waals surface area contributed by atoms with Crippen LogP contribution in [0.3, 0.4) is 0 Å². The number of nitrogens with zero attached hydrogens (tertiary/aromatic N) is 4. The van der Waals surface area contributed by atoms with Crippen molar-refractivity contribution in [3.8, 4) is 0 Å². The Bertz CT molecular complexity index is 819. The number of likely N-dealkylation sites (tertiary alicyclic amines) is 1. The van der Waals surface area contributed by atoms with E-state index in [1.54, 1.807) is 6.20 Å². The number of imide groups is 1. The molecule has 3 amide bonds. The van der Waals surface area contributed by atoms with Gasteiger partial charge in [-0.2, -0.15) is 0 Å². The van der Waals surface area contributed by atoms with Gasteiger partial charge in [0.1, 0.15) is 0 Å². The maximum absolute atomic E-state index is 13.2. The molecule has 1 aromatic rings. The van der Waals surface area contributed by atoms with E-state index in [4.69, 9.17) is 5.73 Å². The third kappa shape index (κ3) is 11.7. The molecule has 208 valence electrons. The highest BCUT2D eigenvalue weighted by molar-refractivity contribution is 5.98. The van der Waals surface area contributed by atoms with Gasteiger partial charge in [-0.3, -0.25) is 24.7 Å². The normalized spacial score (nSPS) is 16.6. The molecular weight excluding hydrogens is 470 g/mol. The van der Waals surface area contributed by atoms with Gasteiger partial charge in [-0.25, -0.2) is 0 Å². The molecule has 1 aromatic heterocycles. The number of nitrogens with one attached hydrogen (secondary N) is 2. The van der Waals surface area contributed by atoms with E-state index < -0.39 is 17.9 Å². The largest absolute Gasteiger partial charge is 0.332 e. The molecule has 0 unspecified atom stereocenters. The molecule has 1 fully saturated rings. The zero-order valence-corrected chi connectivity index (χ0v) is 23.0. The van der Waals surface area contributed by atoms with E-state index in [1.807, 2.05) is 18.2 Å². The Balaban J connectivity index is 1.84. The fourth-order valence-electron chi connectivity index (χ4n) is 4.72. The molecule has 0 bridgehead atoms. The highest BCUT2D eigenvalue weighted by Gasteiger charge is 2.27. The predicted octanol–water partition coefficient (Wildman–Crippen LogP) is 0.619. The van der Waals surface area contributed by atoms with E-state index >= 15 is 0 Å². The summed E-state index contributed by atoms with van der Waals surface area (Å²) in [6.45, 7) is 9.13. The molecule has 1 aliphatic heterocycles. The van der Waals surface area contributed by atoms with E-state index in [2.05, 4.69) is 46.3 Å². The van der Waals surface area contributed by atoms with E-state index in [0.29, 0.717) is 32.0 Å². The Morgan fingerprint density at radius 3 is 2.62 bits per heavy atom. The van der Waals surface area contributed by atoms with Gasteiger partial charge in [0, 0.05) is 30.9 Å². The number of nitrogens with two attached hydrogens (primary N) is 1. The van der Waals surface area contributed by atoms with Crippen molar-refractivity contribution in [2.24, 2.45) is 5.73 Å². The molecule has 2 atom stereocenters. The second kappa shape index (κ2) is 17.2. The van der Waals surface area contributed by atoms with E-state index in [0.717, 1.165) is 51.1 Å². The maximum atomic E-state index is 13.2. The zero-order valence-electron chi connectivity index (χ0n) is 23.0. The van der Waals surface area contributed by atoms with Crippen LogP contribution in [0.5, 0.6) is 0 Å². The van der Waals surface area contributed by atoms with Gasteiger partial charge in [0.25, 0.3) is 0 Å². The number of hydrogen-bond donors (Lipinski definition) is 3. The van der Waals surface area contributed by atoms with Gasteiger partial charge in [-0.05, 0) is 84.0 Å². The Kier molecular flexibility index (Phi) is 14.3. The summed E-state index contributed by atoms with van der Waals surface area (Å²) < 4.78 is 0. The van der Waals surface area contributed by atoms with Crippen LogP contribution in [0.1, 0.15) is 51.6 Å². The monoisotopic (exact) mass is 517 g/mol. The third-order valence-electron chi connectivity index (χ3n) is 7.10. The van der Waals surface area contributed by atoms with Crippen LogP contribution in [0.4, 0.5) is 0 Å². The lowest BCUT2D eigenvalue weighted by Crippen LogP contribution is -2.50. The second-order valence-corrected chi connectivity index (χ2v) is 9.82. The lowest BCUT2D eigenvalue weighted by atomic mass is 10.0. The van der Waals surface area contributed by atoms with E-state index in [-0.39, 0.29) is 19.0 Å². The van der Waals surface area contributed by atoms with Crippen molar-refractivity contribution in [3.05, 3.63) is 30.1 Å². The van der Waals surface area contributed by atoms with E-state index in [9.17, 15) is 14.4 Å². The van der Waals surface area contributed by atoms with Crippen molar-refractivity contribution in [1.29, 1.82) is 0 Å². The predicted molar refractivity (Wildman–Crippen MR) is 146 cm³/mol. The maximum Gasteiger partial charge on any atom is 0.246 e. The Hall–Kier alpha value is -2.40. The summed E-state index contributed by atoms with van der Waals surface area (Å²) in [4.78, 5) is 48.5. The molecule has 10 nitrogen and oxygen atoms in total. The summed E-state index contributed by atoms with van der Waals surface area (Å²) in [6, 6.07) is 5.36. The first-order valence-corrected chi connectivity index (χ1v) is 13.7. The molecule has 0 aromatic carbocycles. The SMILES string of the molecule is CCN(CC)CCCNCC(=O)NC(=O)CN(CCc1ccccn1)C(=O)[C@@H](N)CC[C@@H]1CCCN1C. The Morgan fingerprint density at radius 1 is 1.19 bits per heavy atom. The fraction of sp³-hybridized carbons (Fsp3) is 0.704. The summed E-state index contributed by atoms with van der Waals surface area (Å²) in [7, 11) is 2.10. The smallest absolute Gasteiger partial charge is 0.246 e. The number of carbonyl (C=O) groups excluding carboxylic acids is 3. The van der Waals surface area contributed by atoms with Gasteiger partial charge in [0.2, 0.25) is 17.7 Å². The standard InChI is InChI=1S/C27H47N7O3/c1-4-33(5-2)18-9-15-29-20-25(35)31-26(36)21-34(19-14-22-10-6-7-16-30-22)27(37)24(28)13-12-23-11-8-17-32(23)3/h6-7,10,16,23-24,29H,4-5,8-9,11-15,17-21,28H2,1-3H3,(H,31,35,36)/t23-,24-/m0/s1. The van der Waals surface area contributed by atoms with Gasteiger partial charge in [-0.1, -0.05) is 19.9 Å². The van der Waals surface area contributed by atoms with Gasteiger partial charge >= 0.3 is 0 Å². The number of hydrogen-bond acceptors (Lipinski definition) is 8. The number of pyridine rings is 1. The van der Waals surface area contributed by atoms with Crippen molar-refractivity contribution in [2.75, 3.05) is 59.4 Å². The fourth-order valence-corrected chi connectivity index (χ4v) is 4.72. The molecule has 10 heteroatoms. The van der Waals surface area contributed by atoms with Gasteiger partial charge in [0.05, 0.1) is 19.1 Å². The van der Waals surface area contributed by atoms with Gasteiger partial charge < -0.3 is 25.8 Å². The van der Waals surface area contributed by atoms with Crippen molar-refractivity contribution >= 4 is 17.7 Å². The minimum absolute atomic E-state index is 0.0558. The van der Waals surface area contributed by atoms with Crippen molar-refractivity contribution < 1.29 is 14.4 Å². The summed E-state index contributed by atoms with van der Waals surface area (Å²) in [5, 5.41) is 5.48. The number of carbonyl (C=O) groups is 3. The first kappa shape index (κ1) is 30.8. The number of rotatable bonds is 17. The van der Waals surface area contributed by atoms with E-state index in [1.165, 1.54) is 11.3 Å². The quantitative estimate of drug-likeness (QED) is 0.257. The zero-order chi connectivity index (χ0) is 27.0. The van der Waals surface area contributed by atoms with Crippen molar-refractivity contribution in [1.82, 2.24) is 30.3 Å². The van der Waals surface area contributed by atoms with Gasteiger partial charge in [0.15, 0.2) is 0 Å². The number of aromatic nitrogens is 1. The lowest BCUT2D eigenvalue weighted by Gasteiger charge is -2.26. The minimum atomic E-state index is -0.686. The molecular formula is C27H47N7O3. The van der Waals surface area contributed by atoms with Crippen LogP contribution < -0.4 is 16.4 Å². The Labute approximate surface area is 222 Å². The van der Waals surface area contributed by atoms with Crippen LogP contribution in [0.25, 0.3) is 0 Å². The topological polar surface area (TPSA) is 124 Å². The lowest BCUT2D eigenvalue weighted by molar-refractivity contribution is -0.139. The van der Waals surface area contributed by atoms with Crippen LogP contribution in [0.15, 0.2) is 24.4 Å². The number of amides is 3. The van der Waals surface area contributed by atoms with Crippen LogP contribution >= 0.6 is 0 Å². The molecule has 4 N–H and O–H groups in total. The molecule has 0 saturated carbocycles. The highest BCUT2D eigenvalue weighted by Crippen LogP contribution is 2.20. The minimum Gasteiger partial charge on any atom is -0.332 e. The van der Waals surface area contributed by atoms with Crippen LogP contribution in [0, 0.1) is 0 Å². The molecule has 37 heavy (non-hydrogen) atoms. The molecule has 0 spiro atoms. The second-order valence-electron chi connectivity index (χ2n) is 9.82. The van der Waals surface area contributed by atoms with Crippen LogP contribution in [-0.2, 0) is 20.8 Å². The molecule has 2 rings (SSSR count). The average Bonchev–Trinajstić information content (AvgIpc) is 3.31. The van der Waals surface area contributed by atoms with Crippen molar-refractivity contribution in [3.63, 3.8) is 0 Å². The molecule has 0 aliphatic carbocycles. The summed E-state index contributed by atoms with van der Waals surface area (Å²) in [6.07, 6.45) is 6.82. The Morgan fingerprint density at radius 2 is 1.97 bits per heavy atom. The molecule has 1 aliphatic rings. The van der Waals surface area contributed by atoms with Crippen LogP contribution in [0.2, 0.25) is 0 Å². The van der Waals surface area contributed by atoms with Crippen LogP contribution in [-0.4, -0.2) is 109 Å². The molecule has 2 heterocycles. The summed E-state index contributed by atoms with van der Waals surface area (Å²) in [5.41, 5.74) is 7.11. The molecule has 0 radical (unpaired) electrons. The first-order valence-electron chi connectivity index (χ1n) is 13.7. The highest BCUT2D eigenvalue weighted by atomic mass is 16.2.